The molecule has 1 N–H and O–H groups in total. The Morgan fingerprint density at radius 2 is 1.90 bits per heavy atom. The third-order valence-corrected chi connectivity index (χ3v) is 2.90. The van der Waals surface area contributed by atoms with Gasteiger partial charge in [0.25, 0.3) is 0 Å². The highest BCUT2D eigenvalue weighted by molar-refractivity contribution is 5.93. The van der Waals surface area contributed by atoms with Gasteiger partial charge in [0, 0.05) is 0 Å². The monoisotopic (exact) mass is 264 g/mol. The van der Waals surface area contributed by atoms with E-state index < -0.39 is 0 Å². The van der Waals surface area contributed by atoms with Crippen LogP contribution in [0.2, 0.25) is 0 Å². The van der Waals surface area contributed by atoms with Crippen LogP contribution in [-0.2, 0) is 0 Å². The fraction of sp³-hybridized carbons (Fsp3) is 0. The SMILES string of the molecule is O=C(N/N=C\c1ccc2ccccc2c1)c1ccco1. The highest BCUT2D eigenvalue weighted by atomic mass is 16.3. The largest absolute Gasteiger partial charge is 0.459 e. The molecule has 1 amide bonds. The van der Waals surface area contributed by atoms with Gasteiger partial charge in [-0.05, 0) is 34.5 Å². The van der Waals surface area contributed by atoms with E-state index in [1.165, 1.54) is 11.6 Å². The van der Waals surface area contributed by atoms with Crippen LogP contribution < -0.4 is 5.43 Å². The Labute approximate surface area is 115 Å². The van der Waals surface area contributed by atoms with Gasteiger partial charge in [0.05, 0.1) is 12.5 Å². The van der Waals surface area contributed by atoms with Crippen molar-refractivity contribution in [1.82, 2.24) is 5.43 Å². The fourth-order valence-corrected chi connectivity index (χ4v) is 1.92. The first-order valence-electron chi connectivity index (χ1n) is 6.19. The summed E-state index contributed by atoms with van der Waals surface area (Å²) in [4.78, 5) is 11.6. The molecule has 0 aliphatic carbocycles. The Hall–Kier alpha value is -2.88. The summed E-state index contributed by atoms with van der Waals surface area (Å²) >= 11 is 0. The number of carbonyl (C=O) groups is 1. The molecule has 3 rings (SSSR count). The van der Waals surface area contributed by atoms with Gasteiger partial charge in [0.1, 0.15) is 0 Å². The minimum atomic E-state index is -0.368. The van der Waals surface area contributed by atoms with Crippen molar-refractivity contribution in [2.24, 2.45) is 5.10 Å². The summed E-state index contributed by atoms with van der Waals surface area (Å²) < 4.78 is 4.97. The lowest BCUT2D eigenvalue weighted by Gasteiger charge is -1.99. The lowest BCUT2D eigenvalue weighted by molar-refractivity contribution is 0.0927. The topological polar surface area (TPSA) is 54.6 Å². The quantitative estimate of drug-likeness (QED) is 0.583. The molecular weight excluding hydrogens is 252 g/mol. The van der Waals surface area contributed by atoms with Gasteiger partial charge >= 0.3 is 5.91 Å². The average molecular weight is 264 g/mol. The van der Waals surface area contributed by atoms with Crippen LogP contribution in [-0.4, -0.2) is 12.1 Å². The maximum Gasteiger partial charge on any atom is 0.307 e. The van der Waals surface area contributed by atoms with E-state index >= 15 is 0 Å². The number of hydrogen-bond donors (Lipinski definition) is 1. The average Bonchev–Trinajstić information content (AvgIpc) is 3.01. The van der Waals surface area contributed by atoms with E-state index in [2.05, 4.69) is 16.6 Å². The number of nitrogens with one attached hydrogen (secondary N) is 1. The van der Waals surface area contributed by atoms with Gasteiger partial charge < -0.3 is 4.42 Å². The molecule has 4 heteroatoms. The zero-order valence-corrected chi connectivity index (χ0v) is 10.6. The predicted molar refractivity (Wildman–Crippen MR) is 77.7 cm³/mol. The van der Waals surface area contributed by atoms with Crippen LogP contribution in [0.3, 0.4) is 0 Å². The van der Waals surface area contributed by atoms with Gasteiger partial charge in [-0.2, -0.15) is 5.10 Å². The van der Waals surface area contributed by atoms with E-state index in [0.29, 0.717) is 0 Å². The molecule has 0 saturated heterocycles. The summed E-state index contributed by atoms with van der Waals surface area (Å²) in [6.45, 7) is 0. The molecule has 0 aliphatic heterocycles. The Balaban J connectivity index is 1.72. The standard InChI is InChI=1S/C16H12N2O2/c19-16(15-6-3-9-20-15)18-17-11-12-7-8-13-4-1-2-5-14(13)10-12/h1-11H,(H,18,19)/b17-11-. The summed E-state index contributed by atoms with van der Waals surface area (Å²) in [7, 11) is 0. The van der Waals surface area contributed by atoms with Crippen LogP contribution in [0.1, 0.15) is 16.1 Å². The molecule has 1 heterocycles. The number of furan rings is 1. The van der Waals surface area contributed by atoms with E-state index in [0.717, 1.165) is 10.9 Å². The second-order valence-corrected chi connectivity index (χ2v) is 4.28. The highest BCUT2D eigenvalue weighted by Crippen LogP contribution is 2.14. The first-order valence-corrected chi connectivity index (χ1v) is 6.19. The van der Waals surface area contributed by atoms with Crippen LogP contribution in [0.5, 0.6) is 0 Å². The number of rotatable bonds is 3. The van der Waals surface area contributed by atoms with E-state index in [-0.39, 0.29) is 11.7 Å². The van der Waals surface area contributed by atoms with Crippen LogP contribution >= 0.6 is 0 Å². The van der Waals surface area contributed by atoms with Crippen molar-refractivity contribution in [1.29, 1.82) is 0 Å². The lowest BCUT2D eigenvalue weighted by Crippen LogP contribution is -2.16. The molecule has 0 fully saturated rings. The summed E-state index contributed by atoms with van der Waals surface area (Å²) in [6.07, 6.45) is 3.05. The maximum atomic E-state index is 11.6. The number of hydrogen-bond acceptors (Lipinski definition) is 3. The lowest BCUT2D eigenvalue weighted by atomic mass is 10.1. The van der Waals surface area contributed by atoms with E-state index in [4.69, 9.17) is 4.42 Å². The van der Waals surface area contributed by atoms with Gasteiger partial charge in [-0.25, -0.2) is 5.43 Å². The van der Waals surface area contributed by atoms with Crippen molar-refractivity contribution in [3.63, 3.8) is 0 Å². The van der Waals surface area contributed by atoms with Crippen LogP contribution in [0.4, 0.5) is 0 Å². The normalized spacial score (nSPS) is 11.0. The molecule has 0 unspecified atom stereocenters. The molecule has 0 spiro atoms. The van der Waals surface area contributed by atoms with Crippen molar-refractivity contribution in [3.8, 4) is 0 Å². The van der Waals surface area contributed by atoms with E-state index in [9.17, 15) is 4.79 Å². The van der Waals surface area contributed by atoms with Gasteiger partial charge in [-0.1, -0.05) is 36.4 Å². The van der Waals surface area contributed by atoms with E-state index in [1.54, 1.807) is 18.3 Å². The molecular formula is C16H12N2O2. The molecule has 3 aromatic rings. The van der Waals surface area contributed by atoms with Crippen molar-refractivity contribution >= 4 is 22.9 Å². The van der Waals surface area contributed by atoms with Crippen LogP contribution in [0.15, 0.2) is 70.4 Å². The maximum absolute atomic E-state index is 11.6. The summed E-state index contributed by atoms with van der Waals surface area (Å²) in [6, 6.07) is 17.3. The molecule has 4 nitrogen and oxygen atoms in total. The summed E-state index contributed by atoms with van der Waals surface area (Å²) in [5.41, 5.74) is 3.34. The molecule has 0 bridgehead atoms. The Morgan fingerprint density at radius 3 is 2.70 bits per heavy atom. The third kappa shape index (κ3) is 2.59. The predicted octanol–water partition coefficient (Wildman–Crippen LogP) is 3.20. The number of amides is 1. The van der Waals surface area contributed by atoms with Crippen molar-refractivity contribution in [3.05, 3.63) is 72.2 Å². The summed E-state index contributed by atoms with van der Waals surface area (Å²) in [5.74, 6) is -0.132. The van der Waals surface area contributed by atoms with Crippen molar-refractivity contribution in [2.45, 2.75) is 0 Å². The van der Waals surface area contributed by atoms with E-state index in [1.807, 2.05) is 36.4 Å². The molecule has 1 aromatic heterocycles. The Morgan fingerprint density at radius 1 is 1.05 bits per heavy atom. The Bertz CT molecular complexity index is 761. The van der Waals surface area contributed by atoms with Gasteiger partial charge in [0.15, 0.2) is 5.76 Å². The second-order valence-electron chi connectivity index (χ2n) is 4.28. The van der Waals surface area contributed by atoms with Crippen molar-refractivity contribution in [2.75, 3.05) is 0 Å². The Kier molecular flexibility index (Phi) is 3.29. The minimum absolute atomic E-state index is 0.237. The first kappa shape index (κ1) is 12.2. The second kappa shape index (κ2) is 5.40. The molecule has 0 aliphatic rings. The zero-order chi connectivity index (χ0) is 13.8. The smallest absolute Gasteiger partial charge is 0.307 e. The van der Waals surface area contributed by atoms with Gasteiger partial charge in [0.2, 0.25) is 0 Å². The van der Waals surface area contributed by atoms with Crippen LogP contribution in [0.25, 0.3) is 10.8 Å². The summed E-state index contributed by atoms with van der Waals surface area (Å²) in [5, 5.41) is 6.22. The minimum Gasteiger partial charge on any atom is -0.459 e. The van der Waals surface area contributed by atoms with Gasteiger partial charge in [-0.15, -0.1) is 0 Å². The highest BCUT2D eigenvalue weighted by Gasteiger charge is 2.05. The zero-order valence-electron chi connectivity index (χ0n) is 10.6. The van der Waals surface area contributed by atoms with Crippen LogP contribution in [0, 0.1) is 0 Å². The molecule has 0 saturated carbocycles. The molecule has 20 heavy (non-hydrogen) atoms. The molecule has 2 aromatic carbocycles. The number of carbonyl (C=O) groups excluding carboxylic acids is 1. The number of nitrogens with zero attached hydrogens (tertiary/aromatic N) is 1. The first-order chi connectivity index (χ1) is 9.83. The fourth-order valence-electron chi connectivity index (χ4n) is 1.92. The van der Waals surface area contributed by atoms with Crippen molar-refractivity contribution < 1.29 is 9.21 Å². The number of fused-ring (bicyclic) bond motifs is 1. The number of hydrazone groups is 1. The number of benzene rings is 2. The molecule has 98 valence electrons. The molecule has 0 atom stereocenters. The third-order valence-electron chi connectivity index (χ3n) is 2.90. The van der Waals surface area contributed by atoms with Gasteiger partial charge in [-0.3, -0.25) is 4.79 Å². The molecule has 0 radical (unpaired) electrons.